The van der Waals surface area contributed by atoms with Crippen molar-refractivity contribution in [1.82, 2.24) is 9.78 Å². The molecule has 1 aromatic carbocycles. The Balaban J connectivity index is 2.62. The number of aromatic nitrogens is 2. The van der Waals surface area contributed by atoms with Crippen LogP contribution in [0.5, 0.6) is 0 Å². The molecule has 18 heavy (non-hydrogen) atoms. The summed E-state index contributed by atoms with van der Waals surface area (Å²) in [6.45, 7) is 1.40. The molecule has 2 aromatic rings. The highest BCUT2D eigenvalue weighted by atomic mass is 19.4. The van der Waals surface area contributed by atoms with Crippen molar-refractivity contribution in [2.45, 2.75) is 13.1 Å². The Labute approximate surface area is 102 Å². The quantitative estimate of drug-likeness (QED) is 0.892. The Bertz CT molecular complexity index is 544. The Morgan fingerprint density at radius 3 is 2.28 bits per heavy atom. The van der Waals surface area contributed by atoms with Gasteiger partial charge in [-0.3, -0.25) is 0 Å². The largest absolute Gasteiger partial charge is 0.435 e. The van der Waals surface area contributed by atoms with Crippen molar-refractivity contribution in [3.05, 3.63) is 41.6 Å². The van der Waals surface area contributed by atoms with Crippen LogP contribution in [0.25, 0.3) is 5.69 Å². The number of nitrogens with one attached hydrogen (secondary N) is 1. The minimum atomic E-state index is -4.45. The first-order valence-electron chi connectivity index (χ1n) is 5.35. The first-order valence-corrected chi connectivity index (χ1v) is 5.35. The van der Waals surface area contributed by atoms with E-state index in [4.69, 9.17) is 0 Å². The van der Waals surface area contributed by atoms with E-state index in [0.29, 0.717) is 11.5 Å². The predicted octanol–water partition coefficient (Wildman–Crippen LogP) is 3.24. The second kappa shape index (κ2) is 4.36. The zero-order valence-electron chi connectivity index (χ0n) is 9.92. The average Bonchev–Trinajstić information content (AvgIpc) is 2.67. The van der Waals surface area contributed by atoms with Crippen LogP contribution in [-0.4, -0.2) is 16.8 Å². The zero-order chi connectivity index (χ0) is 13.3. The molecule has 3 nitrogen and oxygen atoms in total. The molecule has 0 saturated heterocycles. The molecule has 0 saturated carbocycles. The van der Waals surface area contributed by atoms with Crippen molar-refractivity contribution in [2.75, 3.05) is 12.4 Å². The molecule has 0 aliphatic carbocycles. The van der Waals surface area contributed by atoms with Gasteiger partial charge in [0, 0.05) is 12.6 Å². The van der Waals surface area contributed by atoms with Gasteiger partial charge in [-0.15, -0.1) is 0 Å². The topological polar surface area (TPSA) is 29.9 Å². The van der Waals surface area contributed by atoms with Gasteiger partial charge in [-0.05, 0) is 19.1 Å². The van der Waals surface area contributed by atoms with E-state index in [1.165, 1.54) is 11.6 Å². The Morgan fingerprint density at radius 2 is 1.78 bits per heavy atom. The van der Waals surface area contributed by atoms with E-state index in [0.717, 1.165) is 0 Å². The highest BCUT2D eigenvalue weighted by Crippen LogP contribution is 2.34. The number of halogens is 3. The number of anilines is 1. The standard InChI is InChI=1S/C12H12F3N3/c1-8-10(12(13,14)15)17-18(11(8)16-2)9-6-4-3-5-7-9/h3-7,16H,1-2H3. The van der Waals surface area contributed by atoms with E-state index >= 15 is 0 Å². The molecule has 1 N–H and O–H groups in total. The highest BCUT2D eigenvalue weighted by molar-refractivity contribution is 5.53. The van der Waals surface area contributed by atoms with Crippen LogP contribution in [0.15, 0.2) is 30.3 Å². The summed E-state index contributed by atoms with van der Waals surface area (Å²) in [4.78, 5) is 0. The van der Waals surface area contributed by atoms with Crippen LogP contribution in [0.2, 0.25) is 0 Å². The fraction of sp³-hybridized carbons (Fsp3) is 0.250. The second-order valence-corrected chi connectivity index (χ2v) is 3.82. The summed E-state index contributed by atoms with van der Waals surface area (Å²) < 4.78 is 39.6. The van der Waals surface area contributed by atoms with Gasteiger partial charge in [-0.1, -0.05) is 18.2 Å². The Morgan fingerprint density at radius 1 is 1.17 bits per heavy atom. The van der Waals surface area contributed by atoms with Crippen molar-refractivity contribution in [3.8, 4) is 5.69 Å². The third-order valence-electron chi connectivity index (χ3n) is 2.63. The van der Waals surface area contributed by atoms with Crippen molar-refractivity contribution < 1.29 is 13.2 Å². The summed E-state index contributed by atoms with van der Waals surface area (Å²) in [5.41, 5.74) is -0.190. The number of para-hydroxylation sites is 1. The van der Waals surface area contributed by atoms with Gasteiger partial charge in [0.15, 0.2) is 5.69 Å². The fourth-order valence-corrected chi connectivity index (χ4v) is 1.81. The van der Waals surface area contributed by atoms with Crippen LogP contribution in [0.1, 0.15) is 11.3 Å². The molecule has 6 heteroatoms. The molecule has 2 rings (SSSR count). The van der Waals surface area contributed by atoms with E-state index in [1.54, 1.807) is 37.4 Å². The lowest BCUT2D eigenvalue weighted by molar-refractivity contribution is -0.141. The number of hydrogen-bond acceptors (Lipinski definition) is 2. The van der Waals surface area contributed by atoms with Crippen LogP contribution in [0.3, 0.4) is 0 Å². The number of nitrogens with zero attached hydrogens (tertiary/aromatic N) is 2. The van der Waals surface area contributed by atoms with Crippen LogP contribution in [0.4, 0.5) is 19.0 Å². The molecule has 0 bridgehead atoms. The minimum Gasteiger partial charge on any atom is -0.373 e. The molecule has 0 unspecified atom stereocenters. The molecule has 0 aliphatic heterocycles. The Hall–Kier alpha value is -1.98. The number of alkyl halides is 3. The van der Waals surface area contributed by atoms with E-state index in [1.807, 2.05) is 0 Å². The molecule has 0 radical (unpaired) electrons. The summed E-state index contributed by atoms with van der Waals surface area (Å²) >= 11 is 0. The van der Waals surface area contributed by atoms with Crippen molar-refractivity contribution in [2.24, 2.45) is 0 Å². The summed E-state index contributed by atoms with van der Waals surface area (Å²) in [5.74, 6) is 0.341. The molecule has 96 valence electrons. The predicted molar refractivity (Wildman–Crippen MR) is 62.8 cm³/mol. The van der Waals surface area contributed by atoms with E-state index in [9.17, 15) is 13.2 Å². The maximum absolute atomic E-state index is 12.8. The van der Waals surface area contributed by atoms with Gasteiger partial charge in [0.25, 0.3) is 0 Å². The normalized spacial score (nSPS) is 11.6. The van der Waals surface area contributed by atoms with E-state index in [-0.39, 0.29) is 5.56 Å². The monoisotopic (exact) mass is 255 g/mol. The second-order valence-electron chi connectivity index (χ2n) is 3.82. The molecule has 0 aliphatic rings. The minimum absolute atomic E-state index is 0.0915. The lowest BCUT2D eigenvalue weighted by Crippen LogP contribution is -2.08. The summed E-state index contributed by atoms with van der Waals surface area (Å²) in [6, 6.07) is 8.70. The van der Waals surface area contributed by atoms with Crippen molar-refractivity contribution in [1.29, 1.82) is 0 Å². The molecule has 1 heterocycles. The van der Waals surface area contributed by atoms with E-state index in [2.05, 4.69) is 10.4 Å². The lowest BCUT2D eigenvalue weighted by atomic mass is 10.2. The number of rotatable bonds is 2. The molecule has 0 spiro atoms. The summed E-state index contributed by atoms with van der Waals surface area (Å²) in [6.07, 6.45) is -4.45. The first kappa shape index (κ1) is 12.5. The lowest BCUT2D eigenvalue weighted by Gasteiger charge is -2.06. The molecular weight excluding hydrogens is 243 g/mol. The average molecular weight is 255 g/mol. The van der Waals surface area contributed by atoms with Gasteiger partial charge in [0.2, 0.25) is 0 Å². The van der Waals surface area contributed by atoms with Gasteiger partial charge < -0.3 is 5.32 Å². The van der Waals surface area contributed by atoms with Crippen LogP contribution in [0, 0.1) is 6.92 Å². The van der Waals surface area contributed by atoms with Gasteiger partial charge >= 0.3 is 6.18 Å². The fourth-order valence-electron chi connectivity index (χ4n) is 1.81. The zero-order valence-corrected chi connectivity index (χ0v) is 9.92. The molecule has 0 amide bonds. The van der Waals surface area contributed by atoms with Crippen molar-refractivity contribution >= 4 is 5.82 Å². The van der Waals surface area contributed by atoms with E-state index < -0.39 is 11.9 Å². The van der Waals surface area contributed by atoms with Gasteiger partial charge in [0.1, 0.15) is 5.82 Å². The third-order valence-corrected chi connectivity index (χ3v) is 2.63. The molecular formula is C12H12F3N3. The maximum atomic E-state index is 12.8. The number of hydrogen-bond donors (Lipinski definition) is 1. The summed E-state index contributed by atoms with van der Waals surface area (Å²) in [5, 5.41) is 6.41. The smallest absolute Gasteiger partial charge is 0.373 e. The Kier molecular flexibility index (Phi) is 3.02. The van der Waals surface area contributed by atoms with Crippen LogP contribution in [-0.2, 0) is 6.18 Å². The van der Waals surface area contributed by atoms with Crippen LogP contribution < -0.4 is 5.32 Å². The molecule has 0 fully saturated rings. The van der Waals surface area contributed by atoms with Crippen molar-refractivity contribution in [3.63, 3.8) is 0 Å². The maximum Gasteiger partial charge on any atom is 0.435 e. The third kappa shape index (κ3) is 2.05. The van der Waals surface area contributed by atoms with Gasteiger partial charge in [-0.2, -0.15) is 18.3 Å². The summed E-state index contributed by atoms with van der Waals surface area (Å²) in [7, 11) is 1.57. The first-order chi connectivity index (χ1) is 8.45. The highest BCUT2D eigenvalue weighted by Gasteiger charge is 2.37. The van der Waals surface area contributed by atoms with Crippen LogP contribution >= 0.6 is 0 Å². The SMILES string of the molecule is CNc1c(C)c(C(F)(F)F)nn1-c1ccccc1. The van der Waals surface area contributed by atoms with Gasteiger partial charge in [0.05, 0.1) is 5.69 Å². The van der Waals surface area contributed by atoms with Gasteiger partial charge in [-0.25, -0.2) is 4.68 Å². The molecule has 0 atom stereocenters. The molecule has 1 aromatic heterocycles. The number of benzene rings is 1.